The van der Waals surface area contributed by atoms with Gasteiger partial charge in [-0.15, -0.1) is 0 Å². The van der Waals surface area contributed by atoms with Gasteiger partial charge < -0.3 is 32.5 Å². The number of carbonyl (C=O) groups is 5. The number of carboxylic acids is 1. The molecule has 1 aromatic carbocycles. The van der Waals surface area contributed by atoms with Crippen molar-refractivity contribution in [3.05, 3.63) is 35.9 Å². The molecular formula is C25H39N5O6S. The van der Waals surface area contributed by atoms with Crippen LogP contribution in [0.15, 0.2) is 30.3 Å². The molecule has 0 bridgehead atoms. The third kappa shape index (κ3) is 12.6. The molecule has 0 spiro atoms. The molecule has 0 fully saturated rings. The first-order valence-corrected chi connectivity index (χ1v) is 13.5. The average Bonchev–Trinajstić information content (AvgIpc) is 2.83. The first kappa shape index (κ1) is 31.9. The van der Waals surface area contributed by atoms with Crippen molar-refractivity contribution in [1.29, 1.82) is 0 Å². The number of thioether (sulfide) groups is 1. The SMILES string of the molecule is CSCCC(NC(=O)C(N)CC(C)C)C(=O)NC(CCC(N)=O)C(=O)NC(Cc1ccccc1)C(=O)O. The van der Waals surface area contributed by atoms with Gasteiger partial charge in [-0.3, -0.25) is 19.2 Å². The van der Waals surface area contributed by atoms with Gasteiger partial charge in [0.05, 0.1) is 6.04 Å². The molecule has 0 heterocycles. The second-order valence-corrected chi connectivity index (χ2v) is 10.2. The summed E-state index contributed by atoms with van der Waals surface area (Å²) in [6, 6.07) is 4.49. The molecule has 1 rings (SSSR count). The van der Waals surface area contributed by atoms with E-state index in [1.807, 2.05) is 20.1 Å². The number of rotatable bonds is 17. The fourth-order valence-corrected chi connectivity index (χ4v) is 4.02. The second kappa shape index (κ2) is 16.6. The van der Waals surface area contributed by atoms with Crippen molar-refractivity contribution < 1.29 is 29.1 Å². The number of nitrogens with one attached hydrogen (secondary N) is 3. The topological polar surface area (TPSA) is 194 Å². The van der Waals surface area contributed by atoms with Crippen LogP contribution >= 0.6 is 11.8 Å². The summed E-state index contributed by atoms with van der Waals surface area (Å²) in [6.07, 6.45) is 2.24. The Balaban J connectivity index is 3.01. The van der Waals surface area contributed by atoms with Gasteiger partial charge in [-0.1, -0.05) is 44.2 Å². The zero-order chi connectivity index (χ0) is 28.0. The van der Waals surface area contributed by atoms with E-state index in [0.717, 1.165) is 0 Å². The van der Waals surface area contributed by atoms with Crippen LogP contribution < -0.4 is 27.4 Å². The number of carboxylic acid groups (broad SMARTS) is 1. The molecule has 0 saturated carbocycles. The van der Waals surface area contributed by atoms with Gasteiger partial charge in [-0.05, 0) is 42.8 Å². The Morgan fingerprint density at radius 2 is 1.43 bits per heavy atom. The third-order valence-corrected chi connectivity index (χ3v) is 6.16. The van der Waals surface area contributed by atoms with E-state index in [1.54, 1.807) is 30.3 Å². The van der Waals surface area contributed by atoms with E-state index in [2.05, 4.69) is 16.0 Å². The van der Waals surface area contributed by atoms with Crippen LogP contribution in [0, 0.1) is 5.92 Å². The van der Waals surface area contributed by atoms with Gasteiger partial charge in [0.2, 0.25) is 23.6 Å². The summed E-state index contributed by atoms with van der Waals surface area (Å²) in [5.74, 6) is -3.10. The number of primary amides is 1. The van der Waals surface area contributed by atoms with Gasteiger partial charge in [-0.25, -0.2) is 4.79 Å². The van der Waals surface area contributed by atoms with Crippen molar-refractivity contribution in [2.75, 3.05) is 12.0 Å². The van der Waals surface area contributed by atoms with Crippen LogP contribution in [0.4, 0.5) is 0 Å². The standard InChI is InChI=1S/C25H39N5O6S/c1-15(2)13-17(26)22(32)28-19(11-12-37-3)24(34)29-18(9-10-21(27)31)23(33)30-20(25(35)36)14-16-7-5-4-6-8-16/h4-8,15,17-20H,9-14,26H2,1-3H3,(H2,27,31)(H,28,32)(H,29,34)(H,30,33)(H,35,36). The smallest absolute Gasteiger partial charge is 0.326 e. The lowest BCUT2D eigenvalue weighted by atomic mass is 10.0. The molecular weight excluding hydrogens is 498 g/mol. The van der Waals surface area contributed by atoms with E-state index in [4.69, 9.17) is 11.5 Å². The van der Waals surface area contributed by atoms with Gasteiger partial charge in [0.15, 0.2) is 0 Å². The van der Waals surface area contributed by atoms with E-state index in [-0.39, 0.29) is 31.6 Å². The molecule has 11 nitrogen and oxygen atoms in total. The summed E-state index contributed by atoms with van der Waals surface area (Å²) in [5, 5.41) is 17.3. The van der Waals surface area contributed by atoms with Crippen molar-refractivity contribution in [3.63, 3.8) is 0 Å². The fourth-order valence-electron chi connectivity index (χ4n) is 3.55. The Morgan fingerprint density at radius 3 is 1.95 bits per heavy atom. The minimum absolute atomic E-state index is 0.0263. The number of hydrogen-bond donors (Lipinski definition) is 6. The summed E-state index contributed by atoms with van der Waals surface area (Å²) < 4.78 is 0. The average molecular weight is 538 g/mol. The molecule has 8 N–H and O–H groups in total. The number of hydrogen-bond acceptors (Lipinski definition) is 7. The minimum atomic E-state index is -1.26. The highest BCUT2D eigenvalue weighted by atomic mass is 32.2. The highest BCUT2D eigenvalue weighted by Gasteiger charge is 2.30. The lowest BCUT2D eigenvalue weighted by Gasteiger charge is -2.25. The number of benzene rings is 1. The Morgan fingerprint density at radius 1 is 0.892 bits per heavy atom. The lowest BCUT2D eigenvalue weighted by molar-refractivity contribution is -0.142. The summed E-state index contributed by atoms with van der Waals surface area (Å²) in [5.41, 5.74) is 11.9. The van der Waals surface area contributed by atoms with Crippen LogP contribution in [-0.2, 0) is 30.4 Å². The normalized spacial score (nSPS) is 14.2. The Bertz CT molecular complexity index is 914. The van der Waals surface area contributed by atoms with E-state index >= 15 is 0 Å². The number of amides is 4. The van der Waals surface area contributed by atoms with Gasteiger partial charge in [0, 0.05) is 12.8 Å². The van der Waals surface area contributed by atoms with Crippen molar-refractivity contribution in [3.8, 4) is 0 Å². The number of carbonyl (C=O) groups excluding carboxylic acids is 4. The maximum atomic E-state index is 13.1. The summed E-state index contributed by atoms with van der Waals surface area (Å²) >= 11 is 1.48. The molecule has 0 radical (unpaired) electrons. The summed E-state index contributed by atoms with van der Waals surface area (Å²) in [6.45, 7) is 3.85. The zero-order valence-corrected chi connectivity index (χ0v) is 22.4. The van der Waals surface area contributed by atoms with Crippen LogP contribution in [0.1, 0.15) is 45.1 Å². The van der Waals surface area contributed by atoms with Gasteiger partial charge in [-0.2, -0.15) is 11.8 Å². The van der Waals surface area contributed by atoms with E-state index in [9.17, 15) is 29.1 Å². The molecule has 0 saturated heterocycles. The first-order chi connectivity index (χ1) is 17.4. The largest absolute Gasteiger partial charge is 0.480 e. The molecule has 37 heavy (non-hydrogen) atoms. The first-order valence-electron chi connectivity index (χ1n) is 12.1. The predicted octanol–water partition coefficient (Wildman–Crippen LogP) is 0.160. The maximum Gasteiger partial charge on any atom is 0.326 e. The molecule has 1 aromatic rings. The molecule has 12 heteroatoms. The van der Waals surface area contributed by atoms with Gasteiger partial charge in [0.1, 0.15) is 18.1 Å². The quantitative estimate of drug-likeness (QED) is 0.162. The number of nitrogens with two attached hydrogens (primary N) is 2. The van der Waals surface area contributed by atoms with Crippen LogP contribution in [0.25, 0.3) is 0 Å². The molecule has 0 aliphatic heterocycles. The molecule has 0 aromatic heterocycles. The monoisotopic (exact) mass is 537 g/mol. The van der Waals surface area contributed by atoms with Crippen molar-refractivity contribution >= 4 is 41.4 Å². The fraction of sp³-hybridized carbons (Fsp3) is 0.560. The van der Waals surface area contributed by atoms with Crippen LogP contribution in [0.2, 0.25) is 0 Å². The molecule has 206 valence electrons. The van der Waals surface area contributed by atoms with Gasteiger partial charge in [0.25, 0.3) is 0 Å². The highest BCUT2D eigenvalue weighted by molar-refractivity contribution is 7.98. The van der Waals surface area contributed by atoms with Gasteiger partial charge >= 0.3 is 5.97 Å². The Labute approximate surface area is 221 Å². The zero-order valence-electron chi connectivity index (χ0n) is 21.6. The Hall–Kier alpha value is -3.12. The van der Waals surface area contributed by atoms with E-state index in [0.29, 0.717) is 17.7 Å². The molecule has 4 amide bonds. The minimum Gasteiger partial charge on any atom is -0.480 e. The van der Waals surface area contributed by atoms with Crippen LogP contribution in [0.5, 0.6) is 0 Å². The van der Waals surface area contributed by atoms with Crippen LogP contribution in [-0.4, -0.2) is 70.9 Å². The van der Waals surface area contributed by atoms with E-state index < -0.39 is 53.8 Å². The predicted molar refractivity (Wildman–Crippen MR) is 142 cm³/mol. The maximum absolute atomic E-state index is 13.1. The van der Waals surface area contributed by atoms with Crippen molar-refractivity contribution in [2.24, 2.45) is 17.4 Å². The van der Waals surface area contributed by atoms with Crippen molar-refractivity contribution in [2.45, 2.75) is 70.1 Å². The third-order valence-electron chi connectivity index (χ3n) is 5.52. The molecule has 0 aliphatic rings. The summed E-state index contributed by atoms with van der Waals surface area (Å²) in [4.78, 5) is 61.9. The van der Waals surface area contributed by atoms with Crippen molar-refractivity contribution in [1.82, 2.24) is 16.0 Å². The van der Waals surface area contributed by atoms with E-state index in [1.165, 1.54) is 11.8 Å². The second-order valence-electron chi connectivity index (χ2n) is 9.23. The lowest BCUT2D eigenvalue weighted by Crippen LogP contribution is -2.57. The number of aliphatic carboxylic acids is 1. The molecule has 0 aliphatic carbocycles. The summed E-state index contributed by atoms with van der Waals surface area (Å²) in [7, 11) is 0. The molecule has 4 atom stereocenters. The highest BCUT2D eigenvalue weighted by Crippen LogP contribution is 2.08. The molecule has 4 unspecified atom stereocenters. The van der Waals surface area contributed by atoms with Crippen LogP contribution in [0.3, 0.4) is 0 Å². The Kier molecular flexibility index (Phi) is 14.3.